The van der Waals surface area contributed by atoms with Crippen molar-refractivity contribution >= 4 is 0 Å². The molecule has 20 heavy (non-hydrogen) atoms. The minimum Gasteiger partial charge on any atom is -0.384 e. The second kappa shape index (κ2) is 5.49. The van der Waals surface area contributed by atoms with Crippen LogP contribution in [-0.2, 0) is 5.60 Å². The minimum absolute atomic E-state index is 0.137. The molecular formula is C16H19F2NO. The molecule has 0 aliphatic heterocycles. The van der Waals surface area contributed by atoms with Gasteiger partial charge < -0.3 is 5.11 Å². The summed E-state index contributed by atoms with van der Waals surface area (Å²) in [4.78, 5) is 0. The summed E-state index contributed by atoms with van der Waals surface area (Å²) >= 11 is 0. The van der Waals surface area contributed by atoms with Crippen LogP contribution in [-0.4, -0.2) is 5.11 Å². The van der Waals surface area contributed by atoms with Crippen LogP contribution in [0.4, 0.5) is 8.78 Å². The van der Waals surface area contributed by atoms with E-state index in [-0.39, 0.29) is 5.56 Å². The van der Waals surface area contributed by atoms with Crippen LogP contribution in [0.2, 0.25) is 0 Å². The molecule has 0 heterocycles. The zero-order chi connectivity index (χ0) is 14.8. The smallest absolute Gasteiger partial charge is 0.126 e. The van der Waals surface area contributed by atoms with Crippen molar-refractivity contribution in [3.63, 3.8) is 0 Å². The Labute approximate surface area is 118 Å². The summed E-state index contributed by atoms with van der Waals surface area (Å²) < 4.78 is 26.8. The first-order valence-electron chi connectivity index (χ1n) is 7.01. The van der Waals surface area contributed by atoms with Crippen LogP contribution in [0.15, 0.2) is 18.2 Å². The quantitative estimate of drug-likeness (QED) is 0.830. The zero-order valence-corrected chi connectivity index (χ0v) is 11.6. The average molecular weight is 279 g/mol. The maximum atomic E-state index is 13.4. The van der Waals surface area contributed by atoms with Gasteiger partial charge in [0.05, 0.1) is 11.5 Å². The Balaban J connectivity index is 2.47. The third kappa shape index (κ3) is 2.55. The van der Waals surface area contributed by atoms with Crippen molar-refractivity contribution in [3.05, 3.63) is 35.4 Å². The Bertz CT molecular complexity index is 506. The lowest BCUT2D eigenvalue weighted by molar-refractivity contribution is -0.0537. The predicted octanol–water partition coefficient (Wildman–Crippen LogP) is 4.04. The lowest BCUT2D eigenvalue weighted by Gasteiger charge is -2.40. The summed E-state index contributed by atoms with van der Waals surface area (Å²) in [6.45, 7) is 1.50. The van der Waals surface area contributed by atoms with Gasteiger partial charge in [-0.1, -0.05) is 25.7 Å². The number of hydrogen-bond donors (Lipinski definition) is 1. The summed E-state index contributed by atoms with van der Waals surface area (Å²) in [6.07, 6.45) is 4.85. The first-order chi connectivity index (χ1) is 9.41. The molecule has 1 atom stereocenters. The van der Waals surface area contributed by atoms with E-state index in [4.69, 9.17) is 0 Å². The molecule has 1 saturated carbocycles. The van der Waals surface area contributed by atoms with E-state index in [1.54, 1.807) is 0 Å². The highest BCUT2D eigenvalue weighted by atomic mass is 19.1. The third-order valence-electron chi connectivity index (χ3n) is 4.53. The molecule has 4 heteroatoms. The SMILES string of the molecule is CC(O)(c1cc(F)cc(F)c1)C1(C#N)CCCCCC1. The average Bonchev–Trinajstić information content (AvgIpc) is 2.64. The summed E-state index contributed by atoms with van der Waals surface area (Å²) in [5.41, 5.74) is -2.41. The molecule has 0 amide bonds. The van der Waals surface area contributed by atoms with Gasteiger partial charge in [-0.15, -0.1) is 0 Å². The molecule has 0 saturated heterocycles. The van der Waals surface area contributed by atoms with Crippen LogP contribution >= 0.6 is 0 Å². The highest BCUT2D eigenvalue weighted by molar-refractivity contribution is 5.29. The van der Waals surface area contributed by atoms with Crippen LogP contribution < -0.4 is 0 Å². The predicted molar refractivity (Wildman–Crippen MR) is 71.7 cm³/mol. The summed E-state index contributed by atoms with van der Waals surface area (Å²) in [5.74, 6) is -1.47. The van der Waals surface area contributed by atoms with Crippen molar-refractivity contribution < 1.29 is 13.9 Å². The molecule has 1 aromatic rings. The first kappa shape index (κ1) is 14.9. The molecule has 1 aromatic carbocycles. The normalized spacial score (nSPS) is 21.6. The van der Waals surface area contributed by atoms with Crippen LogP contribution in [0.1, 0.15) is 51.0 Å². The van der Waals surface area contributed by atoms with Gasteiger partial charge in [0.25, 0.3) is 0 Å². The number of aliphatic hydroxyl groups is 1. The topological polar surface area (TPSA) is 44.0 Å². The summed E-state index contributed by atoms with van der Waals surface area (Å²) in [7, 11) is 0. The van der Waals surface area contributed by atoms with Crippen molar-refractivity contribution in [2.75, 3.05) is 0 Å². The second-order valence-corrected chi connectivity index (χ2v) is 5.84. The van der Waals surface area contributed by atoms with Crippen molar-refractivity contribution in [2.24, 2.45) is 5.41 Å². The number of nitriles is 1. The van der Waals surface area contributed by atoms with Crippen LogP contribution in [0, 0.1) is 28.4 Å². The Morgan fingerprint density at radius 3 is 2.05 bits per heavy atom. The number of nitrogens with zero attached hydrogens (tertiary/aromatic N) is 1. The lowest BCUT2D eigenvalue weighted by Crippen LogP contribution is -2.42. The maximum absolute atomic E-state index is 13.4. The van der Waals surface area contributed by atoms with E-state index in [0.717, 1.165) is 43.9 Å². The fraction of sp³-hybridized carbons (Fsp3) is 0.562. The molecule has 1 fully saturated rings. The maximum Gasteiger partial charge on any atom is 0.126 e. The molecular weight excluding hydrogens is 260 g/mol. The Hall–Kier alpha value is -1.47. The standard InChI is InChI=1S/C16H19F2NO/c1-15(20,12-8-13(17)10-14(18)9-12)16(11-19)6-4-2-3-5-7-16/h8-10,20H,2-7H2,1H3. The zero-order valence-electron chi connectivity index (χ0n) is 11.6. The van der Waals surface area contributed by atoms with Crippen LogP contribution in [0.3, 0.4) is 0 Å². The van der Waals surface area contributed by atoms with E-state index in [0.29, 0.717) is 12.8 Å². The molecule has 1 aliphatic rings. The number of halogens is 2. The van der Waals surface area contributed by atoms with Gasteiger partial charge in [0.1, 0.15) is 17.2 Å². The van der Waals surface area contributed by atoms with E-state index >= 15 is 0 Å². The van der Waals surface area contributed by atoms with Crippen molar-refractivity contribution in [2.45, 2.75) is 51.0 Å². The number of benzene rings is 1. The van der Waals surface area contributed by atoms with Gasteiger partial charge in [0, 0.05) is 6.07 Å². The van der Waals surface area contributed by atoms with Gasteiger partial charge in [-0.2, -0.15) is 5.26 Å². The van der Waals surface area contributed by atoms with Gasteiger partial charge in [0.2, 0.25) is 0 Å². The molecule has 2 rings (SSSR count). The van der Waals surface area contributed by atoms with Crippen molar-refractivity contribution in [1.29, 1.82) is 5.26 Å². The number of hydrogen-bond acceptors (Lipinski definition) is 2. The molecule has 1 unspecified atom stereocenters. The van der Waals surface area contributed by atoms with Gasteiger partial charge in [-0.3, -0.25) is 0 Å². The van der Waals surface area contributed by atoms with Gasteiger partial charge >= 0.3 is 0 Å². The van der Waals surface area contributed by atoms with Gasteiger partial charge in [0.15, 0.2) is 0 Å². The number of rotatable bonds is 2. The van der Waals surface area contributed by atoms with Crippen LogP contribution in [0.25, 0.3) is 0 Å². The van der Waals surface area contributed by atoms with E-state index in [2.05, 4.69) is 6.07 Å². The molecule has 0 aromatic heterocycles. The van der Waals surface area contributed by atoms with Crippen LogP contribution in [0.5, 0.6) is 0 Å². The molecule has 1 N–H and O–H groups in total. The molecule has 1 aliphatic carbocycles. The van der Waals surface area contributed by atoms with E-state index in [1.807, 2.05) is 0 Å². The molecule has 0 radical (unpaired) electrons. The highest BCUT2D eigenvalue weighted by Gasteiger charge is 2.48. The molecule has 0 bridgehead atoms. The first-order valence-corrected chi connectivity index (χ1v) is 7.01. The Morgan fingerprint density at radius 1 is 1.10 bits per heavy atom. The summed E-state index contributed by atoms with van der Waals surface area (Å²) in [5, 5.41) is 20.5. The molecule has 0 spiro atoms. The fourth-order valence-electron chi connectivity index (χ4n) is 3.15. The van der Waals surface area contributed by atoms with Gasteiger partial charge in [-0.05, 0) is 37.5 Å². The third-order valence-corrected chi connectivity index (χ3v) is 4.53. The van der Waals surface area contributed by atoms with Crippen molar-refractivity contribution in [3.8, 4) is 6.07 Å². The second-order valence-electron chi connectivity index (χ2n) is 5.84. The highest BCUT2D eigenvalue weighted by Crippen LogP contribution is 2.48. The van der Waals surface area contributed by atoms with E-state index in [9.17, 15) is 19.1 Å². The van der Waals surface area contributed by atoms with Gasteiger partial charge in [-0.25, -0.2) is 8.78 Å². The molecule has 108 valence electrons. The lowest BCUT2D eigenvalue weighted by atomic mass is 9.66. The Kier molecular flexibility index (Phi) is 4.10. The molecule has 2 nitrogen and oxygen atoms in total. The van der Waals surface area contributed by atoms with E-state index < -0.39 is 22.7 Å². The minimum atomic E-state index is -1.56. The van der Waals surface area contributed by atoms with E-state index in [1.165, 1.54) is 6.92 Å². The fourth-order valence-corrected chi connectivity index (χ4v) is 3.15. The summed E-state index contributed by atoms with van der Waals surface area (Å²) in [6, 6.07) is 5.25. The van der Waals surface area contributed by atoms with Crippen molar-refractivity contribution in [1.82, 2.24) is 0 Å². The monoisotopic (exact) mass is 279 g/mol. The largest absolute Gasteiger partial charge is 0.384 e. The Morgan fingerprint density at radius 2 is 1.60 bits per heavy atom.